The molecule has 1 atom stereocenters. The highest BCUT2D eigenvalue weighted by molar-refractivity contribution is 5.97. The normalized spacial score (nSPS) is 18.5. The molecule has 0 aliphatic carbocycles. The van der Waals surface area contributed by atoms with Crippen molar-refractivity contribution in [2.75, 3.05) is 26.7 Å². The highest BCUT2D eigenvalue weighted by Crippen LogP contribution is 2.24. The first-order valence-corrected chi connectivity index (χ1v) is 11.9. The number of hydrogen-bond acceptors (Lipinski definition) is 3. The van der Waals surface area contributed by atoms with Gasteiger partial charge >= 0.3 is 0 Å². The quantitative estimate of drug-likeness (QED) is 0.623. The predicted octanol–water partition coefficient (Wildman–Crippen LogP) is 5.41. The van der Waals surface area contributed by atoms with Crippen molar-refractivity contribution >= 4 is 11.8 Å². The van der Waals surface area contributed by atoms with Gasteiger partial charge in [-0.2, -0.15) is 0 Å². The number of benzene rings is 2. The van der Waals surface area contributed by atoms with E-state index in [2.05, 4.69) is 13.8 Å². The van der Waals surface area contributed by atoms with Gasteiger partial charge < -0.3 is 14.5 Å². The summed E-state index contributed by atoms with van der Waals surface area (Å²) < 4.78 is 20.0. The summed E-state index contributed by atoms with van der Waals surface area (Å²) in [4.78, 5) is 30.1. The van der Waals surface area contributed by atoms with E-state index in [0.717, 1.165) is 32.1 Å². The molecule has 178 valence electrons. The van der Waals surface area contributed by atoms with E-state index in [1.54, 1.807) is 29.2 Å². The summed E-state index contributed by atoms with van der Waals surface area (Å²) in [7, 11) is 1.83. The van der Waals surface area contributed by atoms with E-state index >= 15 is 0 Å². The molecule has 3 rings (SSSR count). The topological polar surface area (TPSA) is 49.9 Å². The van der Waals surface area contributed by atoms with Gasteiger partial charge in [0.05, 0.1) is 11.6 Å². The molecule has 1 heterocycles. The van der Waals surface area contributed by atoms with Crippen LogP contribution >= 0.6 is 0 Å². The standard InChI is InChI=1S/C27H35FN2O3/c1-20(2)17-23-19-33-25-14-7-6-13-24(25)27(32)29(3)15-8-4-5-9-16-30(23)26(31)21-11-10-12-22(28)18-21/h6-7,10-14,18,20,23H,4-5,8-9,15-17,19H2,1-3H3/t23-/m0/s1. The van der Waals surface area contributed by atoms with Gasteiger partial charge in [0.1, 0.15) is 18.2 Å². The Morgan fingerprint density at radius 3 is 2.52 bits per heavy atom. The number of halogens is 1. The molecule has 0 spiro atoms. The molecule has 2 amide bonds. The van der Waals surface area contributed by atoms with Gasteiger partial charge in [0.2, 0.25) is 0 Å². The number of para-hydroxylation sites is 1. The van der Waals surface area contributed by atoms with Gasteiger partial charge in [-0.15, -0.1) is 0 Å². The molecule has 0 radical (unpaired) electrons. The summed E-state index contributed by atoms with van der Waals surface area (Å²) >= 11 is 0. The zero-order valence-electron chi connectivity index (χ0n) is 19.9. The van der Waals surface area contributed by atoms with Crippen molar-refractivity contribution in [3.8, 4) is 5.75 Å². The third-order valence-electron chi connectivity index (χ3n) is 6.05. The van der Waals surface area contributed by atoms with E-state index in [9.17, 15) is 14.0 Å². The molecule has 0 unspecified atom stereocenters. The lowest BCUT2D eigenvalue weighted by Crippen LogP contribution is -2.45. The van der Waals surface area contributed by atoms with Crippen molar-refractivity contribution in [2.24, 2.45) is 5.92 Å². The van der Waals surface area contributed by atoms with Crippen LogP contribution in [0, 0.1) is 11.7 Å². The lowest BCUT2D eigenvalue weighted by atomic mass is 10.0. The minimum Gasteiger partial charge on any atom is -0.491 e. The molecule has 6 heteroatoms. The second-order valence-electron chi connectivity index (χ2n) is 9.24. The molecule has 2 aromatic rings. The Morgan fingerprint density at radius 2 is 1.79 bits per heavy atom. The Morgan fingerprint density at radius 1 is 1.06 bits per heavy atom. The van der Waals surface area contributed by atoms with Gasteiger partial charge in [-0.1, -0.05) is 44.9 Å². The number of nitrogens with zero attached hydrogens (tertiary/aromatic N) is 2. The predicted molar refractivity (Wildman–Crippen MR) is 128 cm³/mol. The molecule has 1 aliphatic rings. The number of ether oxygens (including phenoxy) is 1. The minimum absolute atomic E-state index is 0.0595. The van der Waals surface area contributed by atoms with Crippen LogP contribution in [-0.2, 0) is 0 Å². The van der Waals surface area contributed by atoms with Crippen molar-refractivity contribution in [1.29, 1.82) is 0 Å². The Kier molecular flexibility index (Phi) is 8.87. The number of carbonyl (C=O) groups is 2. The van der Waals surface area contributed by atoms with Crippen LogP contribution in [0.2, 0.25) is 0 Å². The first kappa shape index (κ1) is 24.7. The van der Waals surface area contributed by atoms with E-state index in [-0.39, 0.29) is 24.5 Å². The van der Waals surface area contributed by atoms with Crippen LogP contribution in [-0.4, -0.2) is 54.4 Å². The summed E-state index contributed by atoms with van der Waals surface area (Å²) in [6.45, 7) is 5.76. The fourth-order valence-corrected chi connectivity index (χ4v) is 4.31. The molecule has 1 aliphatic heterocycles. The lowest BCUT2D eigenvalue weighted by molar-refractivity contribution is 0.0567. The van der Waals surface area contributed by atoms with Gasteiger partial charge in [-0.25, -0.2) is 4.39 Å². The number of fused-ring (bicyclic) bond motifs is 1. The monoisotopic (exact) mass is 454 g/mol. The molecule has 0 N–H and O–H groups in total. The molecular formula is C27H35FN2O3. The fourth-order valence-electron chi connectivity index (χ4n) is 4.31. The molecule has 0 fully saturated rings. The molecule has 0 aromatic heterocycles. The average molecular weight is 455 g/mol. The van der Waals surface area contributed by atoms with E-state index in [1.165, 1.54) is 12.1 Å². The number of rotatable bonds is 3. The minimum atomic E-state index is -0.420. The molecule has 0 saturated carbocycles. The van der Waals surface area contributed by atoms with Crippen LogP contribution in [0.15, 0.2) is 48.5 Å². The Hall–Kier alpha value is -2.89. The van der Waals surface area contributed by atoms with Crippen LogP contribution in [0.3, 0.4) is 0 Å². The van der Waals surface area contributed by atoms with Crippen molar-refractivity contribution in [3.05, 3.63) is 65.5 Å². The number of amides is 2. The number of carbonyl (C=O) groups excluding carboxylic acids is 2. The van der Waals surface area contributed by atoms with Crippen molar-refractivity contribution in [1.82, 2.24) is 9.80 Å². The van der Waals surface area contributed by atoms with Crippen molar-refractivity contribution in [3.63, 3.8) is 0 Å². The third-order valence-corrected chi connectivity index (χ3v) is 6.05. The Bertz CT molecular complexity index is 946. The van der Waals surface area contributed by atoms with Crippen LogP contribution in [0.25, 0.3) is 0 Å². The highest BCUT2D eigenvalue weighted by Gasteiger charge is 2.27. The first-order valence-electron chi connectivity index (χ1n) is 11.9. The molecule has 0 bridgehead atoms. The zero-order valence-corrected chi connectivity index (χ0v) is 19.9. The van der Waals surface area contributed by atoms with Crippen LogP contribution in [0.4, 0.5) is 4.39 Å². The van der Waals surface area contributed by atoms with Crippen LogP contribution < -0.4 is 4.74 Å². The largest absolute Gasteiger partial charge is 0.491 e. The van der Waals surface area contributed by atoms with Gasteiger partial charge in [0.15, 0.2) is 0 Å². The molecule has 2 aromatic carbocycles. The SMILES string of the molecule is CC(C)C[C@H]1COc2ccccc2C(=O)N(C)CCCCCCN1C(=O)c1cccc(F)c1. The van der Waals surface area contributed by atoms with Crippen LogP contribution in [0.1, 0.15) is 66.7 Å². The summed E-state index contributed by atoms with van der Waals surface area (Å²) in [5.74, 6) is 0.202. The lowest BCUT2D eigenvalue weighted by Gasteiger charge is -2.33. The molecule has 0 saturated heterocycles. The summed E-state index contributed by atoms with van der Waals surface area (Å²) in [6, 6.07) is 13.0. The van der Waals surface area contributed by atoms with Crippen molar-refractivity contribution in [2.45, 2.75) is 52.0 Å². The number of hydrogen-bond donors (Lipinski definition) is 0. The Balaban J connectivity index is 1.93. The average Bonchev–Trinajstić information content (AvgIpc) is 2.80. The molecular weight excluding hydrogens is 419 g/mol. The zero-order chi connectivity index (χ0) is 23.8. The van der Waals surface area contributed by atoms with Gasteiger partial charge in [-0.3, -0.25) is 9.59 Å². The van der Waals surface area contributed by atoms with E-state index in [1.807, 2.05) is 24.1 Å². The van der Waals surface area contributed by atoms with Gasteiger partial charge in [0, 0.05) is 25.7 Å². The smallest absolute Gasteiger partial charge is 0.257 e. The first-order chi connectivity index (χ1) is 15.9. The van der Waals surface area contributed by atoms with Gasteiger partial charge in [0.25, 0.3) is 11.8 Å². The third kappa shape index (κ3) is 6.80. The van der Waals surface area contributed by atoms with E-state index in [4.69, 9.17) is 4.74 Å². The second kappa shape index (κ2) is 11.8. The van der Waals surface area contributed by atoms with Crippen molar-refractivity contribution < 1.29 is 18.7 Å². The maximum atomic E-state index is 13.9. The molecule has 5 nitrogen and oxygen atoms in total. The fraction of sp³-hybridized carbons (Fsp3) is 0.481. The maximum Gasteiger partial charge on any atom is 0.257 e. The summed E-state index contributed by atoms with van der Waals surface area (Å²) in [5, 5.41) is 0. The van der Waals surface area contributed by atoms with Gasteiger partial charge in [-0.05, 0) is 55.5 Å². The van der Waals surface area contributed by atoms with Crippen LogP contribution in [0.5, 0.6) is 5.75 Å². The maximum absolute atomic E-state index is 13.9. The summed E-state index contributed by atoms with van der Waals surface area (Å²) in [6.07, 6.45) is 4.44. The Labute approximate surface area is 196 Å². The summed E-state index contributed by atoms with van der Waals surface area (Å²) in [5.41, 5.74) is 0.880. The van der Waals surface area contributed by atoms with E-state index in [0.29, 0.717) is 35.9 Å². The highest BCUT2D eigenvalue weighted by atomic mass is 19.1. The molecule has 33 heavy (non-hydrogen) atoms. The van der Waals surface area contributed by atoms with E-state index < -0.39 is 5.82 Å². The second-order valence-corrected chi connectivity index (χ2v) is 9.24.